The number of carbonyl (C=O) groups is 3. The number of hydrogen-bond acceptors (Lipinski definition) is 8. The summed E-state index contributed by atoms with van der Waals surface area (Å²) < 4.78 is 5.40. The Morgan fingerprint density at radius 2 is 1.88 bits per heavy atom. The number of aromatic nitrogens is 2. The lowest BCUT2D eigenvalue weighted by Crippen LogP contribution is -2.48. The number of carboxylic acid groups (broad SMARTS) is 1. The minimum atomic E-state index is -1.09. The van der Waals surface area contributed by atoms with Gasteiger partial charge in [0.1, 0.15) is 11.4 Å². The fourth-order valence-corrected chi connectivity index (χ4v) is 5.26. The number of nitrogens with zero attached hydrogens (tertiary/aromatic N) is 4. The molecule has 2 aliphatic heterocycles. The van der Waals surface area contributed by atoms with Gasteiger partial charge >= 0.3 is 6.09 Å². The highest BCUT2D eigenvalue weighted by molar-refractivity contribution is 6.33. The van der Waals surface area contributed by atoms with Gasteiger partial charge in [0.25, 0.3) is 11.8 Å². The third-order valence-corrected chi connectivity index (χ3v) is 7.33. The maximum absolute atomic E-state index is 13.5. The van der Waals surface area contributed by atoms with Crippen LogP contribution in [0.5, 0.6) is 0 Å². The molecular weight excluding hydrogens is 550 g/mol. The zero-order valence-electron chi connectivity index (χ0n) is 22.2. The highest BCUT2D eigenvalue weighted by atomic mass is 35.5. The molecule has 5 rings (SSSR count). The van der Waals surface area contributed by atoms with E-state index in [2.05, 4.69) is 20.6 Å². The first-order valence-electron chi connectivity index (χ1n) is 13.2. The first-order valence-corrected chi connectivity index (χ1v) is 13.6. The minimum Gasteiger partial charge on any atom is -0.465 e. The molecule has 5 N–H and O–H groups in total. The second kappa shape index (κ2) is 12.4. The van der Waals surface area contributed by atoms with Crippen molar-refractivity contribution >= 4 is 47.0 Å². The third kappa shape index (κ3) is 6.67. The van der Waals surface area contributed by atoms with Crippen LogP contribution in [0.2, 0.25) is 5.02 Å². The Hall–Kier alpha value is -4.42. The lowest BCUT2D eigenvalue weighted by molar-refractivity contribution is 0.0303. The van der Waals surface area contributed by atoms with Crippen molar-refractivity contribution in [2.24, 2.45) is 5.73 Å². The van der Waals surface area contributed by atoms with Crippen LogP contribution in [-0.4, -0.2) is 83.3 Å². The van der Waals surface area contributed by atoms with Gasteiger partial charge < -0.3 is 36.0 Å². The van der Waals surface area contributed by atoms with Crippen LogP contribution in [0.15, 0.2) is 48.7 Å². The number of morpholine rings is 1. The van der Waals surface area contributed by atoms with Crippen LogP contribution in [0, 0.1) is 0 Å². The Morgan fingerprint density at radius 1 is 1.10 bits per heavy atom. The molecule has 2 fully saturated rings. The summed E-state index contributed by atoms with van der Waals surface area (Å²) in [5.41, 5.74) is 8.08. The molecule has 2 aliphatic rings. The van der Waals surface area contributed by atoms with Crippen LogP contribution >= 0.6 is 11.6 Å². The summed E-state index contributed by atoms with van der Waals surface area (Å²) in [6, 6.07) is 12.3. The second-order valence-corrected chi connectivity index (χ2v) is 10.2. The first kappa shape index (κ1) is 28.1. The Kier molecular flexibility index (Phi) is 8.50. The molecule has 3 amide bonds. The lowest BCUT2D eigenvalue weighted by Gasteiger charge is -2.32. The molecule has 2 aromatic carbocycles. The number of amides is 3. The van der Waals surface area contributed by atoms with Crippen molar-refractivity contribution in [3.8, 4) is 11.1 Å². The number of carbonyl (C=O) groups excluding carboxylic acids is 2. The van der Waals surface area contributed by atoms with E-state index >= 15 is 0 Å². The van der Waals surface area contributed by atoms with Gasteiger partial charge in [-0.25, -0.2) is 9.78 Å². The van der Waals surface area contributed by atoms with E-state index in [0.717, 1.165) is 12.0 Å². The van der Waals surface area contributed by atoms with Gasteiger partial charge in [-0.15, -0.1) is 0 Å². The highest BCUT2D eigenvalue weighted by Crippen LogP contribution is 2.33. The fraction of sp³-hybridized carbons (Fsp3) is 0.321. The number of primary amides is 1. The van der Waals surface area contributed by atoms with E-state index in [4.69, 9.17) is 27.2 Å². The van der Waals surface area contributed by atoms with Crippen molar-refractivity contribution < 1.29 is 24.2 Å². The minimum absolute atomic E-state index is 0.0650. The van der Waals surface area contributed by atoms with Crippen LogP contribution in [0.3, 0.4) is 0 Å². The summed E-state index contributed by atoms with van der Waals surface area (Å²) in [5, 5.41) is 15.3. The van der Waals surface area contributed by atoms with Crippen LogP contribution < -0.4 is 21.3 Å². The first-order chi connectivity index (χ1) is 19.8. The Labute approximate surface area is 241 Å². The molecule has 214 valence electrons. The predicted octanol–water partition coefficient (Wildman–Crippen LogP) is 3.35. The van der Waals surface area contributed by atoms with Crippen molar-refractivity contribution in [2.45, 2.75) is 18.9 Å². The Bertz CT molecular complexity index is 1460. The molecule has 0 spiro atoms. The monoisotopic (exact) mass is 579 g/mol. The number of halogens is 1. The second-order valence-electron chi connectivity index (χ2n) is 9.84. The van der Waals surface area contributed by atoms with Crippen molar-refractivity contribution in [1.82, 2.24) is 20.2 Å². The van der Waals surface area contributed by atoms with Crippen LogP contribution in [0.25, 0.3) is 11.1 Å². The summed E-state index contributed by atoms with van der Waals surface area (Å²) in [5.74, 6) is -0.401. The molecule has 0 aliphatic carbocycles. The van der Waals surface area contributed by atoms with Gasteiger partial charge in [-0.2, -0.15) is 4.98 Å². The number of hydrogen-bond donors (Lipinski definition) is 4. The van der Waals surface area contributed by atoms with E-state index in [-0.39, 0.29) is 23.3 Å². The largest absolute Gasteiger partial charge is 0.465 e. The zero-order valence-corrected chi connectivity index (χ0v) is 22.9. The van der Waals surface area contributed by atoms with E-state index in [1.165, 1.54) is 6.20 Å². The molecule has 3 aromatic rings. The molecule has 0 radical (unpaired) electrons. The molecule has 3 heterocycles. The van der Waals surface area contributed by atoms with Crippen molar-refractivity contribution in [2.75, 3.05) is 49.6 Å². The van der Waals surface area contributed by atoms with Crippen LogP contribution in [0.4, 0.5) is 22.2 Å². The Morgan fingerprint density at radius 3 is 2.61 bits per heavy atom. The summed E-state index contributed by atoms with van der Waals surface area (Å²) in [6.45, 7) is 2.88. The molecule has 41 heavy (non-hydrogen) atoms. The standard InChI is InChI=1S/C28H30ClN7O5/c29-23-6-2-1-5-21(23)17-12-18(26(38)35-8-10-41-11-9-35)14-20(13-17)32-25-22(24(30)37)15-31-27(34-25)36-7-3-4-19(16-36)33-28(39)40/h1-2,5-6,12-15,19,33H,3-4,7-11,16H2,(H2,30,37)(H,39,40)(H,31,32,34). The van der Waals surface area contributed by atoms with Gasteiger partial charge in [0.2, 0.25) is 5.95 Å². The maximum Gasteiger partial charge on any atom is 0.404 e. The number of rotatable bonds is 7. The quantitative estimate of drug-likeness (QED) is 0.329. The average molecular weight is 580 g/mol. The van der Waals surface area contributed by atoms with E-state index in [9.17, 15) is 14.4 Å². The summed E-state index contributed by atoms with van der Waals surface area (Å²) in [4.78, 5) is 49.5. The molecular formula is C28H30ClN7O5. The van der Waals surface area contributed by atoms with E-state index in [1.807, 2.05) is 29.2 Å². The number of nitrogens with one attached hydrogen (secondary N) is 2. The molecule has 1 atom stereocenters. The molecule has 13 heteroatoms. The van der Waals surface area contributed by atoms with E-state index in [1.54, 1.807) is 23.1 Å². The lowest BCUT2D eigenvalue weighted by atomic mass is 10.0. The van der Waals surface area contributed by atoms with Crippen LogP contribution in [0.1, 0.15) is 33.6 Å². The smallest absolute Gasteiger partial charge is 0.404 e. The molecule has 0 saturated carbocycles. The van der Waals surface area contributed by atoms with Gasteiger partial charge in [-0.05, 0) is 42.7 Å². The SMILES string of the molecule is NC(=O)c1cnc(N2CCCC(NC(=O)O)C2)nc1Nc1cc(C(=O)N2CCOCC2)cc(-c2ccccc2Cl)c1. The number of anilines is 3. The van der Waals surface area contributed by atoms with Gasteiger partial charge in [-0.1, -0.05) is 29.8 Å². The molecule has 2 saturated heterocycles. The van der Waals surface area contributed by atoms with E-state index < -0.39 is 12.0 Å². The predicted molar refractivity (Wildman–Crippen MR) is 154 cm³/mol. The van der Waals surface area contributed by atoms with Crippen molar-refractivity contribution in [3.05, 3.63) is 64.8 Å². The Balaban J connectivity index is 1.51. The van der Waals surface area contributed by atoms with Gasteiger partial charge in [0, 0.05) is 60.3 Å². The number of piperidine rings is 1. The normalized spacial score (nSPS) is 17.1. The maximum atomic E-state index is 13.5. The van der Waals surface area contributed by atoms with E-state index in [0.29, 0.717) is 73.6 Å². The summed E-state index contributed by atoms with van der Waals surface area (Å²) >= 11 is 6.51. The zero-order chi connectivity index (χ0) is 28.9. The summed E-state index contributed by atoms with van der Waals surface area (Å²) in [7, 11) is 0. The molecule has 12 nitrogen and oxygen atoms in total. The van der Waals surface area contributed by atoms with Gasteiger partial charge in [-0.3, -0.25) is 9.59 Å². The summed E-state index contributed by atoms with van der Waals surface area (Å²) in [6.07, 6.45) is 1.69. The molecule has 0 bridgehead atoms. The number of ether oxygens (including phenoxy) is 1. The van der Waals surface area contributed by atoms with Gasteiger partial charge in [0.15, 0.2) is 0 Å². The highest BCUT2D eigenvalue weighted by Gasteiger charge is 2.25. The van der Waals surface area contributed by atoms with Gasteiger partial charge in [0.05, 0.1) is 13.2 Å². The molecule has 1 unspecified atom stereocenters. The fourth-order valence-electron chi connectivity index (χ4n) is 5.01. The van der Waals surface area contributed by atoms with Crippen molar-refractivity contribution in [1.29, 1.82) is 0 Å². The third-order valence-electron chi connectivity index (χ3n) is 7.00. The number of nitrogens with two attached hydrogens (primary N) is 1. The number of benzene rings is 2. The van der Waals surface area contributed by atoms with Crippen LogP contribution in [-0.2, 0) is 4.74 Å². The topological polar surface area (TPSA) is 163 Å². The van der Waals surface area contributed by atoms with Crippen molar-refractivity contribution in [3.63, 3.8) is 0 Å². The molecule has 1 aromatic heterocycles. The average Bonchev–Trinajstić information content (AvgIpc) is 2.97.